The lowest BCUT2D eigenvalue weighted by Gasteiger charge is -2.02. The van der Waals surface area contributed by atoms with Crippen molar-refractivity contribution in [3.63, 3.8) is 0 Å². The minimum Gasteiger partial charge on any atom is -0.396 e. The van der Waals surface area contributed by atoms with E-state index < -0.39 is 11.8 Å². The van der Waals surface area contributed by atoms with Crippen molar-refractivity contribution in [2.24, 2.45) is 0 Å². The van der Waals surface area contributed by atoms with Crippen LogP contribution in [0.25, 0.3) is 0 Å². The van der Waals surface area contributed by atoms with Gasteiger partial charge >= 0.3 is 0 Å². The van der Waals surface area contributed by atoms with E-state index in [1.54, 1.807) is 6.07 Å². The van der Waals surface area contributed by atoms with Crippen LogP contribution in [0, 0.1) is 30.0 Å². The minimum atomic E-state index is -1.34. The highest BCUT2D eigenvalue weighted by Crippen LogP contribution is 2.19. The zero-order chi connectivity index (χ0) is 9.30. The number of nitrogens with zero attached hydrogens (tertiary/aromatic N) is 2. The predicted molar refractivity (Wildman–Crippen MR) is 38.0 cm³/mol. The first-order valence-electron chi connectivity index (χ1n) is 3.09. The Balaban J connectivity index is 3.52. The van der Waals surface area contributed by atoms with Gasteiger partial charge in [0.1, 0.15) is 11.8 Å². The largest absolute Gasteiger partial charge is 0.396 e. The number of nitrogen functional groups attached to an aromatic ring is 1. The van der Waals surface area contributed by atoms with Crippen LogP contribution in [0.1, 0.15) is 11.3 Å². The van der Waals surface area contributed by atoms with E-state index in [4.69, 9.17) is 11.0 Å². The van der Waals surface area contributed by atoms with E-state index in [1.165, 1.54) is 6.92 Å². The van der Waals surface area contributed by atoms with Crippen LogP contribution in [0.3, 0.4) is 0 Å². The molecule has 1 aromatic heterocycles. The average Bonchev–Trinajstić information content (AvgIpc) is 2.08. The molecule has 2 N–H and O–H groups in total. The van der Waals surface area contributed by atoms with Crippen molar-refractivity contribution < 1.29 is 8.78 Å². The number of aromatic nitrogens is 1. The van der Waals surface area contributed by atoms with E-state index in [9.17, 15) is 8.78 Å². The van der Waals surface area contributed by atoms with E-state index in [1.807, 2.05) is 0 Å². The molecule has 1 aromatic rings. The highest BCUT2D eigenvalue weighted by atomic mass is 19.2. The number of hydrogen-bond donors (Lipinski definition) is 1. The Kier molecular flexibility index (Phi) is 1.92. The summed E-state index contributed by atoms with van der Waals surface area (Å²) in [5.74, 6) is -2.54. The molecule has 0 radical (unpaired) electrons. The summed E-state index contributed by atoms with van der Waals surface area (Å²) in [7, 11) is 0. The molecule has 3 nitrogen and oxygen atoms in total. The number of hydrogen-bond acceptors (Lipinski definition) is 3. The SMILES string of the molecule is Cc1c(C#N)nc(F)c(F)c1N. The molecule has 0 spiro atoms. The van der Waals surface area contributed by atoms with Crippen molar-refractivity contribution in [3.05, 3.63) is 23.0 Å². The van der Waals surface area contributed by atoms with Gasteiger partial charge in [-0.05, 0) is 6.92 Å². The Bertz CT molecular complexity index is 368. The molecule has 0 unspecified atom stereocenters. The van der Waals surface area contributed by atoms with Crippen molar-refractivity contribution in [2.45, 2.75) is 6.92 Å². The van der Waals surface area contributed by atoms with Gasteiger partial charge in [-0.1, -0.05) is 0 Å². The van der Waals surface area contributed by atoms with E-state index in [0.29, 0.717) is 0 Å². The van der Waals surface area contributed by atoms with Gasteiger partial charge in [-0.15, -0.1) is 0 Å². The molecule has 0 amide bonds. The first kappa shape index (κ1) is 8.40. The van der Waals surface area contributed by atoms with Crippen LogP contribution < -0.4 is 5.73 Å². The maximum Gasteiger partial charge on any atom is 0.252 e. The van der Waals surface area contributed by atoms with E-state index in [-0.39, 0.29) is 16.9 Å². The lowest BCUT2D eigenvalue weighted by atomic mass is 10.2. The molecular formula is C7H5F2N3. The summed E-state index contributed by atoms with van der Waals surface area (Å²) in [6.45, 7) is 1.41. The Labute approximate surface area is 67.4 Å². The third kappa shape index (κ3) is 1.07. The zero-order valence-electron chi connectivity index (χ0n) is 6.23. The summed E-state index contributed by atoms with van der Waals surface area (Å²) in [6.07, 6.45) is 0. The second-order valence-electron chi connectivity index (χ2n) is 2.22. The fourth-order valence-electron chi connectivity index (χ4n) is 0.743. The van der Waals surface area contributed by atoms with Gasteiger partial charge in [0, 0.05) is 5.56 Å². The lowest BCUT2D eigenvalue weighted by Crippen LogP contribution is -2.03. The Morgan fingerprint density at radius 3 is 2.58 bits per heavy atom. The van der Waals surface area contributed by atoms with Gasteiger partial charge in [0.2, 0.25) is 5.82 Å². The summed E-state index contributed by atoms with van der Waals surface area (Å²) in [4.78, 5) is 3.07. The normalized spacial score (nSPS) is 9.50. The maximum absolute atomic E-state index is 12.6. The van der Waals surface area contributed by atoms with Crippen LogP contribution in [0.2, 0.25) is 0 Å². The number of anilines is 1. The van der Waals surface area contributed by atoms with Gasteiger partial charge in [0.05, 0.1) is 5.69 Å². The summed E-state index contributed by atoms with van der Waals surface area (Å²) < 4.78 is 25.1. The molecule has 0 aliphatic heterocycles. The maximum atomic E-state index is 12.6. The Hall–Kier alpha value is -1.70. The molecule has 12 heavy (non-hydrogen) atoms. The fourth-order valence-corrected chi connectivity index (χ4v) is 0.743. The third-order valence-corrected chi connectivity index (χ3v) is 1.49. The van der Waals surface area contributed by atoms with Crippen LogP contribution >= 0.6 is 0 Å². The summed E-state index contributed by atoms with van der Waals surface area (Å²) in [5, 5.41) is 8.40. The summed E-state index contributed by atoms with van der Waals surface area (Å²) >= 11 is 0. The highest BCUT2D eigenvalue weighted by molar-refractivity contribution is 5.52. The van der Waals surface area contributed by atoms with Crippen molar-refractivity contribution >= 4 is 5.69 Å². The number of pyridine rings is 1. The molecule has 0 saturated heterocycles. The predicted octanol–water partition coefficient (Wildman–Crippen LogP) is 1.12. The Morgan fingerprint density at radius 2 is 2.08 bits per heavy atom. The molecule has 0 aliphatic rings. The monoisotopic (exact) mass is 169 g/mol. The van der Waals surface area contributed by atoms with Crippen molar-refractivity contribution in [1.29, 1.82) is 5.26 Å². The average molecular weight is 169 g/mol. The van der Waals surface area contributed by atoms with Crippen LogP contribution in [-0.4, -0.2) is 4.98 Å². The number of nitrogens with two attached hydrogens (primary N) is 1. The highest BCUT2D eigenvalue weighted by Gasteiger charge is 2.13. The first-order valence-corrected chi connectivity index (χ1v) is 3.09. The molecular weight excluding hydrogens is 164 g/mol. The number of rotatable bonds is 0. The van der Waals surface area contributed by atoms with Crippen molar-refractivity contribution in [1.82, 2.24) is 4.98 Å². The van der Waals surface area contributed by atoms with Gasteiger partial charge in [-0.25, -0.2) is 4.98 Å². The van der Waals surface area contributed by atoms with E-state index >= 15 is 0 Å². The topological polar surface area (TPSA) is 62.7 Å². The van der Waals surface area contributed by atoms with E-state index in [2.05, 4.69) is 4.98 Å². The third-order valence-electron chi connectivity index (χ3n) is 1.49. The summed E-state index contributed by atoms with van der Waals surface area (Å²) in [6, 6.07) is 1.61. The number of halogens is 2. The second-order valence-corrected chi connectivity index (χ2v) is 2.22. The molecule has 5 heteroatoms. The molecule has 1 rings (SSSR count). The molecule has 0 bridgehead atoms. The first-order chi connectivity index (χ1) is 5.57. The second kappa shape index (κ2) is 2.74. The minimum absolute atomic E-state index is 0.163. The molecule has 0 fully saturated rings. The van der Waals surface area contributed by atoms with Crippen LogP contribution in [0.15, 0.2) is 0 Å². The fraction of sp³-hybridized carbons (Fsp3) is 0.143. The van der Waals surface area contributed by atoms with E-state index in [0.717, 1.165) is 0 Å². The summed E-state index contributed by atoms with van der Waals surface area (Å²) in [5.41, 5.74) is 4.77. The zero-order valence-corrected chi connectivity index (χ0v) is 6.23. The van der Waals surface area contributed by atoms with Crippen LogP contribution in [0.4, 0.5) is 14.5 Å². The van der Waals surface area contributed by atoms with Crippen LogP contribution in [0.5, 0.6) is 0 Å². The molecule has 1 heterocycles. The molecule has 0 saturated carbocycles. The number of nitriles is 1. The molecule has 62 valence electrons. The quantitative estimate of drug-likeness (QED) is 0.592. The van der Waals surface area contributed by atoms with Gasteiger partial charge in [0.25, 0.3) is 5.95 Å². The van der Waals surface area contributed by atoms with Crippen molar-refractivity contribution in [2.75, 3.05) is 5.73 Å². The smallest absolute Gasteiger partial charge is 0.252 e. The van der Waals surface area contributed by atoms with Gasteiger partial charge < -0.3 is 5.73 Å². The van der Waals surface area contributed by atoms with Crippen LogP contribution in [-0.2, 0) is 0 Å². The Morgan fingerprint density at radius 1 is 1.50 bits per heavy atom. The van der Waals surface area contributed by atoms with Gasteiger partial charge in [0.15, 0.2) is 0 Å². The lowest BCUT2D eigenvalue weighted by molar-refractivity contribution is 0.480. The van der Waals surface area contributed by atoms with Crippen molar-refractivity contribution in [3.8, 4) is 6.07 Å². The molecule has 0 atom stereocenters. The molecule has 0 aliphatic carbocycles. The standard InChI is InChI=1S/C7H5F2N3/c1-3-4(2-10)12-7(9)5(8)6(3)11/h1H3,(H2,11,12). The molecule has 0 aromatic carbocycles. The van der Waals surface area contributed by atoms with Gasteiger partial charge in [-0.3, -0.25) is 0 Å². The van der Waals surface area contributed by atoms with Gasteiger partial charge in [-0.2, -0.15) is 14.0 Å².